The molecular weight excluding hydrogens is 236 g/mol. The molecular formula is C15H16N4. The number of hydrogen-bond donors (Lipinski definition) is 1. The van der Waals surface area contributed by atoms with Crippen molar-refractivity contribution in [3.8, 4) is 0 Å². The number of nitrogens with one attached hydrogen (secondary N) is 1. The van der Waals surface area contributed by atoms with E-state index in [0.29, 0.717) is 0 Å². The lowest BCUT2D eigenvalue weighted by Gasteiger charge is -2.05. The van der Waals surface area contributed by atoms with Crippen LogP contribution in [0.25, 0.3) is 11.0 Å². The minimum absolute atomic E-state index is 0.750. The van der Waals surface area contributed by atoms with Crippen molar-refractivity contribution in [3.63, 3.8) is 0 Å². The summed E-state index contributed by atoms with van der Waals surface area (Å²) in [6, 6.07) is 12.2. The largest absolute Gasteiger partial charge is 0.330 e. The van der Waals surface area contributed by atoms with Crippen LogP contribution in [0.3, 0.4) is 0 Å². The molecule has 0 radical (unpaired) electrons. The zero-order chi connectivity index (χ0) is 13.1. The van der Waals surface area contributed by atoms with E-state index in [1.807, 2.05) is 30.5 Å². The van der Waals surface area contributed by atoms with Crippen LogP contribution < -0.4 is 5.32 Å². The highest BCUT2D eigenvalue weighted by molar-refractivity contribution is 5.75. The molecule has 0 saturated heterocycles. The Hall–Kier alpha value is -2.20. The van der Waals surface area contributed by atoms with Crippen molar-refractivity contribution >= 4 is 11.0 Å². The molecule has 3 rings (SSSR count). The quantitative estimate of drug-likeness (QED) is 0.774. The summed E-state index contributed by atoms with van der Waals surface area (Å²) in [4.78, 5) is 8.73. The number of hydrogen-bond acceptors (Lipinski definition) is 3. The summed E-state index contributed by atoms with van der Waals surface area (Å²) in [6.07, 6.45) is 3.66. The van der Waals surface area contributed by atoms with Gasteiger partial charge in [-0.05, 0) is 23.8 Å². The van der Waals surface area contributed by atoms with Gasteiger partial charge < -0.3 is 9.88 Å². The third-order valence-electron chi connectivity index (χ3n) is 3.21. The lowest BCUT2D eigenvalue weighted by molar-refractivity contribution is 0.642. The Kier molecular flexibility index (Phi) is 3.25. The van der Waals surface area contributed by atoms with Crippen molar-refractivity contribution < 1.29 is 0 Å². The Bertz CT molecular complexity index is 673. The van der Waals surface area contributed by atoms with E-state index < -0.39 is 0 Å². The lowest BCUT2D eigenvalue weighted by atomic mass is 10.3. The van der Waals surface area contributed by atoms with E-state index in [-0.39, 0.29) is 0 Å². The van der Waals surface area contributed by atoms with Gasteiger partial charge in [0.05, 0.1) is 17.6 Å². The molecule has 4 nitrogen and oxygen atoms in total. The second-order valence-corrected chi connectivity index (χ2v) is 4.54. The van der Waals surface area contributed by atoms with Crippen LogP contribution in [0.5, 0.6) is 0 Å². The predicted octanol–water partition coefficient (Wildman–Crippen LogP) is 2.26. The second-order valence-electron chi connectivity index (χ2n) is 4.54. The van der Waals surface area contributed by atoms with Gasteiger partial charge in [-0.2, -0.15) is 0 Å². The van der Waals surface area contributed by atoms with Crippen molar-refractivity contribution in [2.75, 3.05) is 0 Å². The molecule has 0 amide bonds. The molecule has 4 heteroatoms. The lowest BCUT2D eigenvalue weighted by Crippen LogP contribution is -2.15. The molecule has 0 aliphatic rings. The third kappa shape index (κ3) is 2.48. The number of aromatic nitrogens is 3. The minimum atomic E-state index is 0.750. The average molecular weight is 252 g/mol. The second kappa shape index (κ2) is 5.20. The van der Waals surface area contributed by atoms with E-state index in [1.54, 1.807) is 6.20 Å². The van der Waals surface area contributed by atoms with Gasteiger partial charge in [-0.3, -0.25) is 4.98 Å². The molecule has 2 aromatic heterocycles. The van der Waals surface area contributed by atoms with Gasteiger partial charge in [0.25, 0.3) is 0 Å². The highest BCUT2D eigenvalue weighted by Crippen LogP contribution is 2.13. The fourth-order valence-corrected chi connectivity index (χ4v) is 2.17. The van der Waals surface area contributed by atoms with Crippen LogP contribution in [-0.4, -0.2) is 14.5 Å². The van der Waals surface area contributed by atoms with Crippen LogP contribution in [0.1, 0.15) is 11.4 Å². The van der Waals surface area contributed by atoms with E-state index in [2.05, 4.69) is 39.0 Å². The maximum absolute atomic E-state index is 4.63. The summed E-state index contributed by atoms with van der Waals surface area (Å²) in [5, 5.41) is 3.40. The first-order valence-electron chi connectivity index (χ1n) is 6.34. The molecule has 0 atom stereocenters. The third-order valence-corrected chi connectivity index (χ3v) is 3.21. The molecule has 0 saturated carbocycles. The number of pyridine rings is 1. The fourth-order valence-electron chi connectivity index (χ4n) is 2.17. The number of imidazole rings is 1. The Morgan fingerprint density at radius 3 is 2.79 bits per heavy atom. The number of benzene rings is 1. The minimum Gasteiger partial charge on any atom is -0.330 e. The molecule has 0 unspecified atom stereocenters. The molecule has 1 N–H and O–H groups in total. The Morgan fingerprint density at radius 2 is 2.00 bits per heavy atom. The van der Waals surface area contributed by atoms with Crippen molar-refractivity contribution in [2.45, 2.75) is 13.1 Å². The van der Waals surface area contributed by atoms with Crippen LogP contribution in [0.4, 0.5) is 0 Å². The standard InChI is InChI=1S/C15H16N4/c1-19-14-7-3-2-6-13(14)18-15(19)11-17-10-12-5-4-8-16-9-12/h2-9,17H,10-11H2,1H3. The summed E-state index contributed by atoms with van der Waals surface area (Å²) in [6.45, 7) is 1.55. The van der Waals surface area contributed by atoms with Gasteiger partial charge in [0, 0.05) is 26.0 Å². The van der Waals surface area contributed by atoms with Crippen molar-refractivity contribution in [1.29, 1.82) is 0 Å². The first-order chi connectivity index (χ1) is 9.34. The Morgan fingerprint density at radius 1 is 1.11 bits per heavy atom. The molecule has 0 aliphatic heterocycles. The van der Waals surface area contributed by atoms with Crippen LogP contribution in [0, 0.1) is 0 Å². The van der Waals surface area contributed by atoms with E-state index >= 15 is 0 Å². The van der Waals surface area contributed by atoms with Gasteiger partial charge in [0.2, 0.25) is 0 Å². The number of nitrogens with zero attached hydrogens (tertiary/aromatic N) is 3. The molecule has 96 valence electrons. The fraction of sp³-hybridized carbons (Fsp3) is 0.200. The van der Waals surface area contributed by atoms with E-state index in [4.69, 9.17) is 0 Å². The molecule has 0 aliphatic carbocycles. The van der Waals surface area contributed by atoms with Gasteiger partial charge in [0.1, 0.15) is 5.82 Å². The van der Waals surface area contributed by atoms with Crippen molar-refractivity contribution in [2.24, 2.45) is 7.05 Å². The Balaban J connectivity index is 1.70. The SMILES string of the molecule is Cn1c(CNCc2cccnc2)nc2ccccc21. The highest BCUT2D eigenvalue weighted by atomic mass is 15.1. The summed E-state index contributed by atoms with van der Waals surface area (Å²) in [5.41, 5.74) is 3.39. The highest BCUT2D eigenvalue weighted by Gasteiger charge is 2.06. The van der Waals surface area contributed by atoms with E-state index in [0.717, 1.165) is 24.4 Å². The molecule has 0 spiro atoms. The van der Waals surface area contributed by atoms with Crippen LogP contribution in [0.15, 0.2) is 48.8 Å². The Labute approximate surface area is 112 Å². The van der Waals surface area contributed by atoms with Crippen molar-refractivity contribution in [3.05, 3.63) is 60.2 Å². The topological polar surface area (TPSA) is 42.7 Å². The smallest absolute Gasteiger partial charge is 0.123 e. The van der Waals surface area contributed by atoms with Gasteiger partial charge >= 0.3 is 0 Å². The summed E-state index contributed by atoms with van der Waals surface area (Å²) in [7, 11) is 2.05. The van der Waals surface area contributed by atoms with Gasteiger partial charge in [0.15, 0.2) is 0 Å². The number of aryl methyl sites for hydroxylation is 1. The zero-order valence-corrected chi connectivity index (χ0v) is 10.9. The number of fused-ring (bicyclic) bond motifs is 1. The summed E-state index contributed by atoms with van der Waals surface area (Å²) in [5.74, 6) is 1.05. The van der Waals surface area contributed by atoms with E-state index in [9.17, 15) is 0 Å². The average Bonchev–Trinajstić information content (AvgIpc) is 2.78. The molecule has 2 heterocycles. The first-order valence-corrected chi connectivity index (χ1v) is 6.34. The van der Waals surface area contributed by atoms with Gasteiger partial charge in [-0.15, -0.1) is 0 Å². The van der Waals surface area contributed by atoms with Crippen LogP contribution in [-0.2, 0) is 20.1 Å². The summed E-state index contributed by atoms with van der Waals surface area (Å²) >= 11 is 0. The first kappa shape index (κ1) is 11.9. The monoisotopic (exact) mass is 252 g/mol. The molecule has 1 aromatic carbocycles. The molecule has 0 fully saturated rings. The number of para-hydroxylation sites is 2. The zero-order valence-electron chi connectivity index (χ0n) is 10.9. The number of rotatable bonds is 4. The maximum Gasteiger partial charge on any atom is 0.123 e. The normalized spacial score (nSPS) is 11.0. The molecule has 0 bridgehead atoms. The van der Waals surface area contributed by atoms with Gasteiger partial charge in [-0.25, -0.2) is 4.98 Å². The summed E-state index contributed by atoms with van der Waals surface area (Å²) < 4.78 is 2.13. The van der Waals surface area contributed by atoms with Crippen LogP contribution >= 0.6 is 0 Å². The predicted molar refractivity (Wildman–Crippen MR) is 75.5 cm³/mol. The molecule has 19 heavy (non-hydrogen) atoms. The van der Waals surface area contributed by atoms with Gasteiger partial charge in [-0.1, -0.05) is 18.2 Å². The van der Waals surface area contributed by atoms with E-state index in [1.165, 1.54) is 11.1 Å². The van der Waals surface area contributed by atoms with Crippen molar-refractivity contribution in [1.82, 2.24) is 19.9 Å². The van der Waals surface area contributed by atoms with Crippen LogP contribution in [0.2, 0.25) is 0 Å². The molecule has 3 aromatic rings. The maximum atomic E-state index is 4.63.